The zero-order valence-electron chi connectivity index (χ0n) is 23.5. The Hall–Kier alpha value is -3.80. The Morgan fingerprint density at radius 2 is 1.71 bits per heavy atom. The van der Waals surface area contributed by atoms with Crippen molar-refractivity contribution in [1.82, 2.24) is 34.5 Å². The van der Waals surface area contributed by atoms with Gasteiger partial charge in [0.2, 0.25) is 0 Å². The van der Waals surface area contributed by atoms with Gasteiger partial charge in [0, 0.05) is 43.5 Å². The van der Waals surface area contributed by atoms with E-state index < -0.39 is 0 Å². The average molecular weight is 570 g/mol. The fourth-order valence-corrected chi connectivity index (χ4v) is 7.14. The number of hydrogen-bond acceptors (Lipinski definition) is 10. The number of piperazine rings is 1. The zero-order chi connectivity index (χ0) is 27.9. The number of fused-ring (bicyclic) bond motifs is 2. The van der Waals surface area contributed by atoms with Crippen molar-refractivity contribution in [3.63, 3.8) is 0 Å². The van der Waals surface area contributed by atoms with Gasteiger partial charge >= 0.3 is 0 Å². The van der Waals surface area contributed by atoms with Gasteiger partial charge in [-0.25, -0.2) is 19.6 Å². The van der Waals surface area contributed by atoms with E-state index in [-0.39, 0.29) is 0 Å². The summed E-state index contributed by atoms with van der Waals surface area (Å²) in [7, 11) is 3.89. The summed E-state index contributed by atoms with van der Waals surface area (Å²) in [6, 6.07) is 15.1. The molecule has 10 nitrogen and oxygen atoms in total. The van der Waals surface area contributed by atoms with Crippen LogP contribution in [0.1, 0.15) is 31.7 Å². The first kappa shape index (κ1) is 26.1. The molecule has 212 valence electrons. The second-order valence-electron chi connectivity index (χ2n) is 11.1. The molecule has 2 fully saturated rings. The van der Waals surface area contributed by atoms with E-state index in [4.69, 9.17) is 20.6 Å². The van der Waals surface area contributed by atoms with Gasteiger partial charge in [0.1, 0.15) is 23.6 Å². The molecule has 3 aromatic heterocycles. The summed E-state index contributed by atoms with van der Waals surface area (Å²) in [5.74, 6) is 1.30. The summed E-state index contributed by atoms with van der Waals surface area (Å²) in [4.78, 5) is 18.8. The quantitative estimate of drug-likeness (QED) is 0.286. The van der Waals surface area contributed by atoms with E-state index in [0.29, 0.717) is 17.9 Å². The third kappa shape index (κ3) is 5.09. The first-order chi connectivity index (χ1) is 20.1. The normalized spacial score (nSPS) is 20.5. The van der Waals surface area contributed by atoms with Gasteiger partial charge in [-0.15, -0.1) is 0 Å². The summed E-state index contributed by atoms with van der Waals surface area (Å²) in [6.07, 6.45) is 6.10. The van der Waals surface area contributed by atoms with Crippen molar-refractivity contribution in [2.75, 3.05) is 51.4 Å². The van der Waals surface area contributed by atoms with Crippen LogP contribution >= 0.6 is 11.3 Å². The maximum absolute atomic E-state index is 6.41. The monoisotopic (exact) mass is 569 g/mol. The van der Waals surface area contributed by atoms with Crippen molar-refractivity contribution in [1.29, 1.82) is 0 Å². The first-order valence-electron chi connectivity index (χ1n) is 14.3. The van der Waals surface area contributed by atoms with Crippen LogP contribution < -0.4 is 15.8 Å². The van der Waals surface area contributed by atoms with Gasteiger partial charge in [-0.3, -0.25) is 4.90 Å². The predicted molar refractivity (Wildman–Crippen MR) is 165 cm³/mol. The highest BCUT2D eigenvalue weighted by Gasteiger charge is 2.30. The van der Waals surface area contributed by atoms with E-state index in [9.17, 15) is 0 Å². The fourth-order valence-electron chi connectivity index (χ4n) is 6.23. The highest BCUT2D eigenvalue weighted by Crippen LogP contribution is 2.38. The van der Waals surface area contributed by atoms with Crippen LogP contribution in [0.5, 0.6) is 5.75 Å². The molecule has 2 aromatic carbocycles. The molecular weight excluding hydrogens is 534 g/mol. The molecule has 1 saturated heterocycles. The third-order valence-corrected chi connectivity index (χ3v) is 9.52. The Morgan fingerprint density at radius 1 is 0.951 bits per heavy atom. The number of thiazole rings is 1. The van der Waals surface area contributed by atoms with Crippen molar-refractivity contribution < 1.29 is 4.74 Å². The van der Waals surface area contributed by atoms with Gasteiger partial charge in [-0.2, -0.15) is 5.10 Å². The molecule has 0 unspecified atom stereocenters. The molecule has 4 heterocycles. The number of nitrogens with one attached hydrogen (secondary N) is 1. The maximum atomic E-state index is 6.41. The van der Waals surface area contributed by atoms with Crippen LogP contribution in [0, 0.1) is 0 Å². The molecule has 5 aromatic rings. The largest absolute Gasteiger partial charge is 0.497 e. The number of aromatic nitrogens is 5. The molecule has 0 radical (unpaired) electrons. The van der Waals surface area contributed by atoms with Crippen molar-refractivity contribution >= 4 is 49.2 Å². The Bertz CT molecular complexity index is 1670. The van der Waals surface area contributed by atoms with Crippen molar-refractivity contribution in [3.8, 4) is 17.0 Å². The molecule has 1 saturated carbocycles. The number of hydrogen-bond donors (Lipinski definition) is 2. The molecule has 2 aliphatic rings. The van der Waals surface area contributed by atoms with Gasteiger partial charge < -0.3 is 20.7 Å². The van der Waals surface area contributed by atoms with E-state index in [2.05, 4.69) is 48.9 Å². The molecule has 0 bridgehead atoms. The molecule has 0 spiro atoms. The molecule has 1 aliphatic heterocycles. The van der Waals surface area contributed by atoms with E-state index in [1.807, 2.05) is 30.3 Å². The van der Waals surface area contributed by atoms with Gasteiger partial charge in [0.25, 0.3) is 0 Å². The number of anilines is 3. The number of nitrogen functional groups attached to an aromatic ring is 1. The summed E-state index contributed by atoms with van der Waals surface area (Å²) in [5, 5.41) is 10.2. The van der Waals surface area contributed by atoms with E-state index >= 15 is 0 Å². The van der Waals surface area contributed by atoms with E-state index in [1.54, 1.807) is 24.8 Å². The van der Waals surface area contributed by atoms with Crippen molar-refractivity contribution in [2.45, 2.75) is 37.8 Å². The standard InChI is InChI=1S/C30H35N9OS/c1-37-13-15-38(16-14-37)21-7-9-22(10-8-21)39-29-26(28(31)32-18-33-29)27(36-39)19-3-5-20(6-4-19)34-30-35-24-12-11-23(40-2)17-25(24)41-30/h3-6,11-12,17-18,21-22H,7-10,13-16H2,1-2H3,(H,34,35)(H2,31,32,33). The SMILES string of the molecule is COc1ccc2nc(Nc3ccc(-c4nn(C5CCC(N6CCN(C)CC6)CC5)c5ncnc(N)c45)cc3)sc2c1. The van der Waals surface area contributed by atoms with Crippen molar-refractivity contribution in [3.05, 3.63) is 48.8 Å². The smallest absolute Gasteiger partial charge is 0.188 e. The maximum Gasteiger partial charge on any atom is 0.188 e. The Kier molecular flexibility index (Phi) is 6.93. The van der Waals surface area contributed by atoms with Crippen LogP contribution in [-0.4, -0.2) is 80.9 Å². The number of rotatable bonds is 6. The van der Waals surface area contributed by atoms with Gasteiger partial charge in [-0.1, -0.05) is 23.5 Å². The lowest BCUT2D eigenvalue weighted by Crippen LogP contribution is -2.49. The summed E-state index contributed by atoms with van der Waals surface area (Å²) in [5.41, 5.74) is 11.0. The molecule has 3 N–H and O–H groups in total. The lowest BCUT2D eigenvalue weighted by Gasteiger charge is -2.41. The lowest BCUT2D eigenvalue weighted by molar-refractivity contribution is 0.0815. The first-order valence-corrected chi connectivity index (χ1v) is 15.1. The molecule has 1 aliphatic carbocycles. The van der Waals surface area contributed by atoms with Gasteiger partial charge in [-0.05, 0) is 63.1 Å². The Morgan fingerprint density at radius 3 is 2.46 bits per heavy atom. The molecular formula is C30H35N9OS. The number of ether oxygens (including phenoxy) is 1. The lowest BCUT2D eigenvalue weighted by atomic mass is 9.90. The Balaban J connectivity index is 1.11. The highest BCUT2D eigenvalue weighted by atomic mass is 32.1. The van der Waals surface area contributed by atoms with Crippen LogP contribution in [0.15, 0.2) is 48.8 Å². The second-order valence-corrected chi connectivity index (χ2v) is 12.1. The number of nitrogens with zero attached hydrogens (tertiary/aromatic N) is 7. The molecule has 0 atom stereocenters. The van der Waals surface area contributed by atoms with Crippen LogP contribution in [0.3, 0.4) is 0 Å². The molecule has 7 rings (SSSR count). The van der Waals surface area contributed by atoms with E-state index in [1.165, 1.54) is 25.9 Å². The topological polar surface area (TPSA) is 110 Å². The zero-order valence-corrected chi connectivity index (χ0v) is 24.3. The van der Waals surface area contributed by atoms with Crippen LogP contribution in [0.25, 0.3) is 32.5 Å². The van der Waals surface area contributed by atoms with E-state index in [0.717, 1.165) is 75.0 Å². The minimum atomic E-state index is 0.308. The summed E-state index contributed by atoms with van der Waals surface area (Å²) >= 11 is 1.60. The van der Waals surface area contributed by atoms with Crippen LogP contribution in [0.4, 0.5) is 16.6 Å². The summed E-state index contributed by atoms with van der Waals surface area (Å²) < 4.78 is 8.54. The summed E-state index contributed by atoms with van der Waals surface area (Å²) in [6.45, 7) is 4.66. The van der Waals surface area contributed by atoms with Crippen molar-refractivity contribution in [2.24, 2.45) is 0 Å². The molecule has 11 heteroatoms. The van der Waals surface area contributed by atoms with Gasteiger partial charge in [0.05, 0.1) is 28.8 Å². The molecule has 41 heavy (non-hydrogen) atoms. The van der Waals surface area contributed by atoms with Crippen LogP contribution in [-0.2, 0) is 0 Å². The minimum absolute atomic E-state index is 0.308. The van der Waals surface area contributed by atoms with Crippen LogP contribution in [0.2, 0.25) is 0 Å². The molecule has 0 amide bonds. The number of nitrogens with two attached hydrogens (primary N) is 1. The fraction of sp³-hybridized carbons (Fsp3) is 0.400. The highest BCUT2D eigenvalue weighted by molar-refractivity contribution is 7.22. The number of methoxy groups -OCH3 is 1. The Labute approximate surface area is 243 Å². The average Bonchev–Trinajstić information content (AvgIpc) is 3.59. The number of likely N-dealkylation sites (N-methyl/N-ethyl adjacent to an activating group) is 1. The number of benzene rings is 2. The van der Waals surface area contributed by atoms with Gasteiger partial charge in [0.15, 0.2) is 10.8 Å². The second kappa shape index (κ2) is 10.9. The minimum Gasteiger partial charge on any atom is -0.497 e. The predicted octanol–water partition coefficient (Wildman–Crippen LogP) is 5.17. The third-order valence-electron chi connectivity index (χ3n) is 8.59.